The molecule has 1 N–H and O–H groups in total. The fraction of sp³-hybridized carbons (Fsp3) is 0.438. The van der Waals surface area contributed by atoms with Crippen LogP contribution in [0.3, 0.4) is 0 Å². The Bertz CT molecular complexity index is 595. The van der Waals surface area contributed by atoms with Crippen molar-refractivity contribution in [1.29, 1.82) is 0 Å². The number of nitrogens with zero attached hydrogens (tertiary/aromatic N) is 2. The van der Waals surface area contributed by atoms with Crippen LogP contribution >= 0.6 is 0 Å². The van der Waals surface area contributed by atoms with Crippen LogP contribution in [0, 0.1) is 5.82 Å². The highest BCUT2D eigenvalue weighted by Gasteiger charge is 2.08. The van der Waals surface area contributed by atoms with E-state index in [1.807, 2.05) is 26.1 Å². The average molecular weight is 291 g/mol. The summed E-state index contributed by atoms with van der Waals surface area (Å²) in [6.07, 6.45) is 0.876. The number of hydrogen-bond acceptors (Lipinski definition) is 3. The summed E-state index contributed by atoms with van der Waals surface area (Å²) in [6, 6.07) is 7.05. The van der Waals surface area contributed by atoms with E-state index in [-0.39, 0.29) is 11.6 Å². The predicted molar refractivity (Wildman–Crippen MR) is 80.7 cm³/mol. The van der Waals surface area contributed by atoms with E-state index in [0.29, 0.717) is 13.2 Å². The molecule has 0 atom stereocenters. The molecule has 0 unspecified atom stereocenters. The summed E-state index contributed by atoms with van der Waals surface area (Å²) in [6.45, 7) is 5.91. The van der Waals surface area contributed by atoms with Crippen LogP contribution in [0.15, 0.2) is 24.3 Å². The zero-order chi connectivity index (χ0) is 15.2. The van der Waals surface area contributed by atoms with E-state index in [0.717, 1.165) is 29.9 Å². The molecule has 0 aliphatic heterocycles. The standard InChI is InChI=1S/C16H22FN3O/c1-4-13-9-14(20(3)19-13)11-21-16-7-6-12(8-15(16)17)10-18-5-2/h6-9,18H,4-5,10-11H2,1-3H3. The molecule has 5 heteroatoms. The molecule has 0 amide bonds. The van der Waals surface area contributed by atoms with E-state index in [9.17, 15) is 4.39 Å². The van der Waals surface area contributed by atoms with Gasteiger partial charge in [0.15, 0.2) is 11.6 Å². The molecule has 1 aromatic carbocycles. The van der Waals surface area contributed by atoms with E-state index in [1.54, 1.807) is 10.7 Å². The molecule has 0 saturated heterocycles. The largest absolute Gasteiger partial charge is 0.484 e. The van der Waals surface area contributed by atoms with Gasteiger partial charge in [0.25, 0.3) is 0 Å². The molecule has 2 aromatic rings. The number of benzene rings is 1. The van der Waals surface area contributed by atoms with Crippen LogP contribution in [0.5, 0.6) is 5.75 Å². The Labute approximate surface area is 124 Å². The SMILES string of the molecule is CCNCc1ccc(OCc2cc(CC)nn2C)c(F)c1. The molecule has 2 rings (SSSR count). The minimum atomic E-state index is -0.330. The molecule has 0 saturated carbocycles. The van der Waals surface area contributed by atoms with Gasteiger partial charge in [0, 0.05) is 13.6 Å². The molecule has 21 heavy (non-hydrogen) atoms. The van der Waals surface area contributed by atoms with Gasteiger partial charge in [-0.05, 0) is 36.7 Å². The number of halogens is 1. The van der Waals surface area contributed by atoms with Crippen molar-refractivity contribution in [2.75, 3.05) is 6.54 Å². The molecule has 114 valence electrons. The lowest BCUT2D eigenvalue weighted by atomic mass is 10.2. The van der Waals surface area contributed by atoms with Gasteiger partial charge in [0.05, 0.1) is 11.4 Å². The highest BCUT2D eigenvalue weighted by molar-refractivity contribution is 5.29. The molecule has 0 radical (unpaired) electrons. The van der Waals surface area contributed by atoms with Crippen LogP contribution < -0.4 is 10.1 Å². The van der Waals surface area contributed by atoms with Crippen molar-refractivity contribution in [3.8, 4) is 5.75 Å². The highest BCUT2D eigenvalue weighted by Crippen LogP contribution is 2.20. The summed E-state index contributed by atoms with van der Waals surface area (Å²) in [5.74, 6) is -0.0576. The molecule has 0 aliphatic rings. The maximum Gasteiger partial charge on any atom is 0.165 e. The second-order valence-corrected chi connectivity index (χ2v) is 4.94. The molecule has 0 bridgehead atoms. The fourth-order valence-electron chi connectivity index (χ4n) is 2.07. The van der Waals surface area contributed by atoms with Gasteiger partial charge < -0.3 is 10.1 Å². The summed E-state index contributed by atoms with van der Waals surface area (Å²) in [5.41, 5.74) is 2.86. The lowest BCUT2D eigenvalue weighted by Gasteiger charge is -2.09. The molecule has 4 nitrogen and oxygen atoms in total. The van der Waals surface area contributed by atoms with Crippen molar-refractivity contribution in [3.63, 3.8) is 0 Å². The molecular weight excluding hydrogens is 269 g/mol. The van der Waals surface area contributed by atoms with Gasteiger partial charge in [0.2, 0.25) is 0 Å². The Morgan fingerprint density at radius 2 is 2.10 bits per heavy atom. The van der Waals surface area contributed by atoms with Crippen molar-refractivity contribution in [2.45, 2.75) is 33.4 Å². The van der Waals surface area contributed by atoms with Crippen LogP contribution in [0.1, 0.15) is 30.8 Å². The van der Waals surface area contributed by atoms with Gasteiger partial charge in [-0.3, -0.25) is 4.68 Å². The molecule has 1 heterocycles. The number of ether oxygens (including phenoxy) is 1. The number of rotatable bonds is 7. The van der Waals surface area contributed by atoms with E-state index < -0.39 is 0 Å². The number of nitrogens with one attached hydrogen (secondary N) is 1. The summed E-state index contributed by atoms with van der Waals surface area (Å²) < 4.78 is 21.3. The lowest BCUT2D eigenvalue weighted by Crippen LogP contribution is -2.12. The van der Waals surface area contributed by atoms with Gasteiger partial charge in [0.1, 0.15) is 6.61 Å². The van der Waals surface area contributed by atoms with Crippen LogP contribution in [-0.2, 0) is 26.6 Å². The van der Waals surface area contributed by atoms with E-state index in [1.165, 1.54) is 6.07 Å². The first-order valence-corrected chi connectivity index (χ1v) is 7.27. The second kappa shape index (κ2) is 7.22. The van der Waals surface area contributed by atoms with Crippen molar-refractivity contribution in [2.24, 2.45) is 7.05 Å². The van der Waals surface area contributed by atoms with Gasteiger partial charge in [-0.1, -0.05) is 19.9 Å². The van der Waals surface area contributed by atoms with Crippen LogP contribution in [0.25, 0.3) is 0 Å². The minimum absolute atomic E-state index is 0.273. The normalized spacial score (nSPS) is 10.9. The monoisotopic (exact) mass is 291 g/mol. The van der Waals surface area contributed by atoms with Crippen molar-refractivity contribution in [1.82, 2.24) is 15.1 Å². The third-order valence-corrected chi connectivity index (χ3v) is 3.34. The smallest absolute Gasteiger partial charge is 0.165 e. The first kappa shape index (κ1) is 15.5. The molecule has 0 spiro atoms. The number of hydrogen-bond donors (Lipinski definition) is 1. The van der Waals surface area contributed by atoms with E-state index >= 15 is 0 Å². The second-order valence-electron chi connectivity index (χ2n) is 4.94. The molecule has 1 aromatic heterocycles. The first-order valence-electron chi connectivity index (χ1n) is 7.27. The predicted octanol–water partition coefficient (Wildman–Crippen LogP) is 2.81. The van der Waals surface area contributed by atoms with Gasteiger partial charge in [-0.2, -0.15) is 5.10 Å². The zero-order valence-corrected chi connectivity index (χ0v) is 12.8. The molecule has 0 aliphatic carbocycles. The van der Waals surface area contributed by atoms with Crippen LogP contribution in [0.4, 0.5) is 4.39 Å². The quantitative estimate of drug-likeness (QED) is 0.852. The maximum absolute atomic E-state index is 14.0. The number of aromatic nitrogens is 2. The van der Waals surface area contributed by atoms with E-state index in [2.05, 4.69) is 17.3 Å². The molecule has 0 fully saturated rings. The van der Waals surface area contributed by atoms with Crippen LogP contribution in [-0.4, -0.2) is 16.3 Å². The Hall–Kier alpha value is -1.88. The highest BCUT2D eigenvalue weighted by atomic mass is 19.1. The lowest BCUT2D eigenvalue weighted by molar-refractivity contribution is 0.280. The fourth-order valence-corrected chi connectivity index (χ4v) is 2.07. The first-order chi connectivity index (χ1) is 10.1. The third-order valence-electron chi connectivity index (χ3n) is 3.34. The summed E-state index contributed by atoms with van der Waals surface area (Å²) >= 11 is 0. The van der Waals surface area contributed by atoms with Crippen molar-refractivity contribution >= 4 is 0 Å². The number of aryl methyl sites for hydroxylation is 2. The van der Waals surface area contributed by atoms with E-state index in [4.69, 9.17) is 4.74 Å². The average Bonchev–Trinajstić information content (AvgIpc) is 2.84. The van der Waals surface area contributed by atoms with Gasteiger partial charge in [-0.25, -0.2) is 4.39 Å². The summed E-state index contributed by atoms with van der Waals surface area (Å²) in [4.78, 5) is 0. The van der Waals surface area contributed by atoms with Gasteiger partial charge in [-0.15, -0.1) is 0 Å². The zero-order valence-electron chi connectivity index (χ0n) is 12.8. The Balaban J connectivity index is 2.01. The Morgan fingerprint density at radius 3 is 2.71 bits per heavy atom. The van der Waals surface area contributed by atoms with Crippen LogP contribution in [0.2, 0.25) is 0 Å². The van der Waals surface area contributed by atoms with Gasteiger partial charge >= 0.3 is 0 Å². The summed E-state index contributed by atoms with van der Waals surface area (Å²) in [5, 5.41) is 7.51. The van der Waals surface area contributed by atoms with Crippen molar-refractivity contribution < 1.29 is 9.13 Å². The Kier molecular flexibility index (Phi) is 5.33. The topological polar surface area (TPSA) is 39.1 Å². The summed E-state index contributed by atoms with van der Waals surface area (Å²) in [7, 11) is 1.87. The third kappa shape index (κ3) is 4.04. The Morgan fingerprint density at radius 1 is 1.29 bits per heavy atom. The van der Waals surface area contributed by atoms with Crippen molar-refractivity contribution in [3.05, 3.63) is 47.0 Å². The molecular formula is C16H22FN3O. The maximum atomic E-state index is 14.0. The minimum Gasteiger partial charge on any atom is -0.484 e.